The Morgan fingerprint density at radius 3 is 2.52 bits per heavy atom. The van der Waals surface area contributed by atoms with Gasteiger partial charge in [0, 0.05) is 24.2 Å². The van der Waals surface area contributed by atoms with Gasteiger partial charge < -0.3 is 10.1 Å². The first-order valence-corrected chi connectivity index (χ1v) is 10.9. The highest BCUT2D eigenvalue weighted by Crippen LogP contribution is 2.28. The lowest BCUT2D eigenvalue weighted by atomic mass is 9.99. The van der Waals surface area contributed by atoms with E-state index in [1.54, 1.807) is 13.0 Å². The van der Waals surface area contributed by atoms with E-state index in [1.165, 1.54) is 6.92 Å². The number of hydrogen-bond donors (Lipinski definition) is 2. The number of halogens is 4. The number of hydrogen-bond acceptors (Lipinski definition) is 6. The summed E-state index contributed by atoms with van der Waals surface area (Å²) in [7, 11) is -3.53. The molecule has 0 aromatic carbocycles. The van der Waals surface area contributed by atoms with Crippen molar-refractivity contribution in [3.63, 3.8) is 0 Å². The van der Waals surface area contributed by atoms with Crippen molar-refractivity contribution in [1.29, 1.82) is 0 Å². The molecular formula is C16H18BrF3N4O4S. The van der Waals surface area contributed by atoms with Gasteiger partial charge in [0.05, 0.1) is 21.5 Å². The third-order valence-corrected chi connectivity index (χ3v) is 5.35. The number of aromatic amines is 1. The van der Waals surface area contributed by atoms with Gasteiger partial charge in [0.1, 0.15) is 21.3 Å². The Kier molecular flexibility index (Phi) is 6.62. The third kappa shape index (κ3) is 6.70. The van der Waals surface area contributed by atoms with Crippen LogP contribution in [0, 0.1) is 6.92 Å². The minimum Gasteiger partial charge on any atom is -0.483 e. The average Bonchev–Trinajstić information content (AvgIpc) is 2.98. The number of ether oxygens (including phenoxy) is 1. The molecule has 0 radical (unpaired) electrons. The van der Waals surface area contributed by atoms with Gasteiger partial charge in [0.25, 0.3) is 5.91 Å². The summed E-state index contributed by atoms with van der Waals surface area (Å²) in [5.74, 6) is -1.49. The smallest absolute Gasteiger partial charge is 0.422 e. The van der Waals surface area contributed by atoms with Crippen LogP contribution < -0.4 is 10.1 Å². The molecule has 2 aromatic heterocycles. The lowest BCUT2D eigenvalue weighted by Gasteiger charge is -2.28. The first-order chi connectivity index (χ1) is 13.2. The molecule has 0 spiro atoms. The number of aromatic nitrogens is 3. The fourth-order valence-electron chi connectivity index (χ4n) is 2.53. The number of pyridine rings is 1. The summed E-state index contributed by atoms with van der Waals surface area (Å²) in [5, 5.41) is 9.26. The highest BCUT2D eigenvalue weighted by atomic mass is 79.9. The van der Waals surface area contributed by atoms with Crippen molar-refractivity contribution in [2.24, 2.45) is 0 Å². The summed E-state index contributed by atoms with van der Waals surface area (Å²) in [6, 6.07) is 2.61. The van der Waals surface area contributed by atoms with Crippen LogP contribution in [0.5, 0.6) is 5.75 Å². The number of carbonyl (C=O) groups is 1. The summed E-state index contributed by atoms with van der Waals surface area (Å²) in [4.78, 5) is 16.6. The zero-order chi connectivity index (χ0) is 22.0. The highest BCUT2D eigenvalue weighted by molar-refractivity contribution is 9.10. The van der Waals surface area contributed by atoms with E-state index in [4.69, 9.17) is 0 Å². The van der Waals surface area contributed by atoms with Crippen LogP contribution >= 0.6 is 15.9 Å². The molecule has 8 nitrogen and oxygen atoms in total. The molecule has 29 heavy (non-hydrogen) atoms. The van der Waals surface area contributed by atoms with Gasteiger partial charge in [0.15, 0.2) is 6.61 Å². The molecule has 2 N–H and O–H groups in total. The van der Waals surface area contributed by atoms with Gasteiger partial charge in [0.2, 0.25) is 0 Å². The highest BCUT2D eigenvalue weighted by Gasteiger charge is 2.36. The van der Waals surface area contributed by atoms with Crippen LogP contribution in [0.25, 0.3) is 0 Å². The zero-order valence-corrected chi connectivity index (χ0v) is 18.0. The maximum absolute atomic E-state index is 12.7. The number of H-pyrrole nitrogens is 1. The molecular weight excluding hydrogens is 481 g/mol. The molecule has 2 rings (SSSR count). The van der Waals surface area contributed by atoms with Crippen LogP contribution in [0.4, 0.5) is 13.2 Å². The quantitative estimate of drug-likeness (QED) is 0.606. The van der Waals surface area contributed by atoms with Crippen LogP contribution in [0.3, 0.4) is 0 Å². The summed E-state index contributed by atoms with van der Waals surface area (Å²) in [6.07, 6.45) is -2.43. The second-order valence-corrected chi connectivity index (χ2v) is 9.69. The molecule has 160 valence electrons. The van der Waals surface area contributed by atoms with E-state index in [1.807, 2.05) is 0 Å². The fraction of sp³-hybridized carbons (Fsp3) is 0.438. The molecule has 0 saturated heterocycles. The first kappa shape index (κ1) is 23.1. The standard InChI is InChI=1S/C16H18BrF3N4O4S/c1-9-4-13(24-23-9)15(2,8-29(3,26)27)22-14(25)11-5-12(10(17)6-21-11)28-7-16(18,19)20/h4-6H,7-8H2,1-3H3,(H,22,25)(H,23,24). The summed E-state index contributed by atoms with van der Waals surface area (Å²) >= 11 is 3.01. The minimum atomic E-state index is -4.56. The van der Waals surface area contributed by atoms with E-state index in [0.717, 1.165) is 18.5 Å². The molecule has 0 bridgehead atoms. The molecule has 0 aliphatic rings. The minimum absolute atomic E-state index is 0.125. The number of rotatable bonds is 7. The van der Waals surface area contributed by atoms with Crippen LogP contribution in [-0.4, -0.2) is 54.3 Å². The average molecular weight is 499 g/mol. The number of aryl methyl sites for hydroxylation is 1. The van der Waals surface area contributed by atoms with Gasteiger partial charge in [-0.15, -0.1) is 0 Å². The lowest BCUT2D eigenvalue weighted by molar-refractivity contribution is -0.153. The molecule has 2 heterocycles. The van der Waals surface area contributed by atoms with Gasteiger partial charge in [-0.1, -0.05) is 0 Å². The van der Waals surface area contributed by atoms with E-state index < -0.39 is 39.8 Å². The first-order valence-electron chi connectivity index (χ1n) is 8.06. The second kappa shape index (κ2) is 8.30. The predicted molar refractivity (Wildman–Crippen MR) is 101 cm³/mol. The number of nitrogens with one attached hydrogen (secondary N) is 2. The van der Waals surface area contributed by atoms with E-state index in [0.29, 0.717) is 5.69 Å². The monoisotopic (exact) mass is 498 g/mol. The van der Waals surface area contributed by atoms with Crippen LogP contribution in [0.15, 0.2) is 22.8 Å². The maximum atomic E-state index is 12.7. The van der Waals surface area contributed by atoms with Crippen LogP contribution in [-0.2, 0) is 15.4 Å². The van der Waals surface area contributed by atoms with Crippen molar-refractivity contribution in [1.82, 2.24) is 20.5 Å². The molecule has 0 saturated carbocycles. The number of nitrogens with zero attached hydrogens (tertiary/aromatic N) is 2. The largest absolute Gasteiger partial charge is 0.483 e. The van der Waals surface area contributed by atoms with Crippen molar-refractivity contribution >= 4 is 31.7 Å². The number of sulfone groups is 1. The second-order valence-electron chi connectivity index (χ2n) is 6.70. The van der Waals surface area contributed by atoms with Gasteiger partial charge in [-0.05, 0) is 35.8 Å². The van der Waals surface area contributed by atoms with Crippen molar-refractivity contribution in [3.8, 4) is 5.75 Å². The molecule has 1 unspecified atom stereocenters. The fourth-order valence-corrected chi connectivity index (χ4v) is 4.13. The summed E-state index contributed by atoms with van der Waals surface area (Å²) in [5.41, 5.74) is -0.729. The molecule has 0 aliphatic carbocycles. The Hall–Kier alpha value is -2.15. The van der Waals surface area contributed by atoms with Crippen molar-refractivity contribution in [3.05, 3.63) is 39.9 Å². The van der Waals surface area contributed by atoms with E-state index in [9.17, 15) is 26.4 Å². The van der Waals surface area contributed by atoms with Gasteiger partial charge in [-0.25, -0.2) is 13.4 Å². The Balaban J connectivity index is 2.32. The number of alkyl halides is 3. The van der Waals surface area contributed by atoms with Gasteiger partial charge >= 0.3 is 6.18 Å². The Labute approximate surface area is 173 Å². The van der Waals surface area contributed by atoms with Crippen molar-refractivity contribution < 1.29 is 31.1 Å². The SMILES string of the molecule is Cc1cc(C(C)(CS(C)(=O)=O)NC(=O)c2cc(OCC(F)(F)F)c(Br)cn2)n[nH]1. The normalized spacial score (nSPS) is 14.3. The van der Waals surface area contributed by atoms with Gasteiger partial charge in [-0.2, -0.15) is 18.3 Å². The van der Waals surface area contributed by atoms with E-state index in [2.05, 4.69) is 41.2 Å². The zero-order valence-electron chi connectivity index (χ0n) is 15.6. The molecule has 1 atom stereocenters. The van der Waals surface area contributed by atoms with Gasteiger partial charge in [-0.3, -0.25) is 9.89 Å². The third-order valence-electron chi connectivity index (χ3n) is 3.66. The Morgan fingerprint density at radius 2 is 2.00 bits per heavy atom. The van der Waals surface area contributed by atoms with Crippen molar-refractivity contribution in [2.45, 2.75) is 25.6 Å². The topological polar surface area (TPSA) is 114 Å². The Bertz CT molecular complexity index is 1010. The number of amides is 1. The predicted octanol–water partition coefficient (Wildman–Crippen LogP) is 2.51. The molecule has 0 aliphatic heterocycles. The maximum Gasteiger partial charge on any atom is 0.422 e. The van der Waals surface area contributed by atoms with Crippen LogP contribution in [0.2, 0.25) is 0 Å². The van der Waals surface area contributed by atoms with Crippen molar-refractivity contribution in [2.75, 3.05) is 18.6 Å². The Morgan fingerprint density at radius 1 is 1.34 bits per heavy atom. The summed E-state index contributed by atoms with van der Waals surface area (Å²) in [6.45, 7) is 1.64. The molecule has 0 fully saturated rings. The molecule has 13 heteroatoms. The van der Waals surface area contributed by atoms with E-state index in [-0.39, 0.29) is 21.6 Å². The molecule has 2 aromatic rings. The lowest BCUT2D eigenvalue weighted by Crippen LogP contribution is -2.48. The molecule has 1 amide bonds. The van der Waals surface area contributed by atoms with E-state index >= 15 is 0 Å². The van der Waals surface area contributed by atoms with Crippen LogP contribution in [0.1, 0.15) is 28.8 Å². The number of carbonyl (C=O) groups excluding carboxylic acids is 1. The summed E-state index contributed by atoms with van der Waals surface area (Å²) < 4.78 is 65.8.